The van der Waals surface area contributed by atoms with Crippen LogP contribution in [0.2, 0.25) is 0 Å². The molecule has 0 aromatic rings. The first-order valence-electron chi connectivity index (χ1n) is 7.83. The predicted octanol–water partition coefficient (Wildman–Crippen LogP) is -0.847. The average Bonchev–Trinajstić information content (AvgIpc) is 2.75. The molecule has 0 aromatic heterocycles. The molecule has 0 aliphatic carbocycles. The van der Waals surface area contributed by atoms with Gasteiger partial charge in [-0.15, -0.1) is 0 Å². The summed E-state index contributed by atoms with van der Waals surface area (Å²) >= 11 is 0. The number of nitrogens with one attached hydrogen (secondary N) is 1. The maximum atomic E-state index is 12.5. The maximum absolute atomic E-state index is 12.5. The predicted molar refractivity (Wildman–Crippen MR) is 85.6 cm³/mol. The number of carbonyl (C=O) groups excluding carboxylic acids is 4. The number of hydrogen-bond donors (Lipinski definition) is 3. The Morgan fingerprint density at radius 3 is 2.27 bits per heavy atom. The average molecular weight is 373 g/mol. The third-order valence-electron chi connectivity index (χ3n) is 3.72. The van der Waals surface area contributed by atoms with Crippen molar-refractivity contribution in [3.63, 3.8) is 0 Å². The second-order valence-corrected chi connectivity index (χ2v) is 5.35. The van der Waals surface area contributed by atoms with E-state index in [-0.39, 0.29) is 24.5 Å². The van der Waals surface area contributed by atoms with Crippen molar-refractivity contribution in [2.75, 3.05) is 20.3 Å². The monoisotopic (exact) mass is 373 g/mol. The number of methoxy groups -OCH3 is 1. The highest BCUT2D eigenvalue weighted by atomic mass is 16.5. The van der Waals surface area contributed by atoms with Crippen molar-refractivity contribution in [3.05, 3.63) is 11.3 Å². The van der Waals surface area contributed by atoms with E-state index in [9.17, 15) is 24.3 Å². The molecule has 2 amide bonds. The Kier molecular flexibility index (Phi) is 6.95. The third kappa shape index (κ3) is 4.04. The van der Waals surface area contributed by atoms with Crippen molar-refractivity contribution < 1.29 is 38.5 Å². The van der Waals surface area contributed by atoms with E-state index in [4.69, 9.17) is 15.2 Å². The van der Waals surface area contributed by atoms with Gasteiger partial charge in [-0.2, -0.15) is 0 Å². The molecule has 11 heteroatoms. The molecule has 0 radical (unpaired) electrons. The molecule has 4 N–H and O–H groups in total. The molecule has 0 bridgehead atoms. The molecule has 146 valence electrons. The van der Waals surface area contributed by atoms with Crippen LogP contribution in [0.15, 0.2) is 11.3 Å². The van der Waals surface area contributed by atoms with Crippen molar-refractivity contribution in [2.24, 2.45) is 11.7 Å². The summed E-state index contributed by atoms with van der Waals surface area (Å²) in [5.41, 5.74) is 4.54. The number of carbonyl (C=O) groups is 4. The highest BCUT2D eigenvalue weighted by molar-refractivity contribution is 5.98. The summed E-state index contributed by atoms with van der Waals surface area (Å²) in [5.74, 6) is -4.41. The van der Waals surface area contributed by atoms with Crippen LogP contribution in [0.3, 0.4) is 0 Å². The van der Waals surface area contributed by atoms with E-state index in [1.807, 2.05) is 0 Å². The van der Waals surface area contributed by atoms with Gasteiger partial charge in [0.2, 0.25) is 0 Å². The van der Waals surface area contributed by atoms with Gasteiger partial charge in [-0.3, -0.25) is 14.6 Å². The summed E-state index contributed by atoms with van der Waals surface area (Å²) in [6.07, 6.45) is -0.748. The molecular weight excluding hydrogens is 350 g/mol. The van der Waals surface area contributed by atoms with Crippen LogP contribution >= 0.6 is 0 Å². The highest BCUT2D eigenvalue weighted by Gasteiger charge is 2.59. The number of aliphatic hydroxyl groups is 1. The molecule has 2 atom stereocenters. The van der Waals surface area contributed by atoms with E-state index < -0.39 is 42.0 Å². The van der Waals surface area contributed by atoms with Gasteiger partial charge in [0.15, 0.2) is 5.72 Å². The Hall–Kier alpha value is -2.82. The quantitative estimate of drug-likeness (QED) is 0.382. The fourth-order valence-electron chi connectivity index (χ4n) is 2.78. The third-order valence-corrected chi connectivity index (χ3v) is 3.72. The second kappa shape index (κ2) is 8.52. The van der Waals surface area contributed by atoms with Crippen LogP contribution in [0, 0.1) is 5.92 Å². The number of nitrogens with two attached hydrogens (primary N) is 1. The lowest BCUT2D eigenvalue weighted by Crippen LogP contribution is -2.60. The molecule has 0 saturated carbocycles. The normalized spacial score (nSPS) is 22.0. The zero-order chi connectivity index (χ0) is 20.1. The second-order valence-electron chi connectivity index (χ2n) is 5.35. The van der Waals surface area contributed by atoms with Gasteiger partial charge in [0, 0.05) is 5.70 Å². The van der Waals surface area contributed by atoms with E-state index in [0.29, 0.717) is 0 Å². The maximum Gasteiger partial charge on any atom is 0.336 e. The number of nitrogens with zero attached hydrogens (tertiary/aromatic N) is 1. The molecule has 0 aromatic carbocycles. The number of hydrogen-bond acceptors (Lipinski definition) is 9. The number of allylic oxidation sites excluding steroid dienone is 1. The van der Waals surface area contributed by atoms with Crippen molar-refractivity contribution in [1.82, 2.24) is 10.4 Å². The summed E-state index contributed by atoms with van der Waals surface area (Å²) in [7, 11) is 1.08. The first-order valence-corrected chi connectivity index (χ1v) is 7.83. The highest BCUT2D eigenvalue weighted by Crippen LogP contribution is 2.43. The lowest BCUT2D eigenvalue weighted by Gasteiger charge is -2.37. The number of amides is 2. The summed E-state index contributed by atoms with van der Waals surface area (Å²) in [6.45, 7) is 4.42. The van der Waals surface area contributed by atoms with E-state index in [1.165, 1.54) is 13.8 Å². The van der Waals surface area contributed by atoms with Gasteiger partial charge in [0.25, 0.3) is 0 Å². The summed E-state index contributed by atoms with van der Waals surface area (Å²) in [6, 6.07) is -1.08. The molecule has 11 nitrogen and oxygen atoms in total. The minimum atomic E-state index is -2.37. The molecule has 0 saturated heterocycles. The van der Waals surface area contributed by atoms with E-state index in [0.717, 1.165) is 12.1 Å². The summed E-state index contributed by atoms with van der Waals surface area (Å²) in [5, 5.41) is 11.9. The topological polar surface area (TPSA) is 157 Å². The molecule has 1 aliphatic rings. The lowest BCUT2D eigenvalue weighted by molar-refractivity contribution is -0.181. The number of primary amides is 1. The van der Waals surface area contributed by atoms with Crippen molar-refractivity contribution >= 4 is 23.9 Å². The van der Waals surface area contributed by atoms with Gasteiger partial charge in [0.1, 0.15) is 5.92 Å². The van der Waals surface area contributed by atoms with Gasteiger partial charge in [-0.05, 0) is 20.8 Å². The van der Waals surface area contributed by atoms with E-state index in [2.05, 4.69) is 10.2 Å². The van der Waals surface area contributed by atoms with E-state index in [1.54, 1.807) is 6.92 Å². The van der Waals surface area contributed by atoms with Crippen LogP contribution in [0.25, 0.3) is 0 Å². The number of esters is 3. The molecule has 2 unspecified atom stereocenters. The number of urea groups is 1. The van der Waals surface area contributed by atoms with Crippen LogP contribution < -0.4 is 11.2 Å². The van der Waals surface area contributed by atoms with Crippen molar-refractivity contribution in [1.29, 1.82) is 0 Å². The standard InChI is InChI=1S/C15H23N3O8/c1-5-25-9(19)7-15(23)11(13(21)26-6-2)10(12(20)24-4)8(3)18(15)17-14(16)22/h11,23H,5-7H2,1-4H3,(H3,16,17,22). The Bertz CT molecular complexity index is 632. The zero-order valence-corrected chi connectivity index (χ0v) is 15.0. The summed E-state index contributed by atoms with van der Waals surface area (Å²) in [4.78, 5) is 48.0. The van der Waals surface area contributed by atoms with Gasteiger partial charge in [-0.25, -0.2) is 15.0 Å². The van der Waals surface area contributed by atoms with Crippen LogP contribution in [-0.2, 0) is 28.6 Å². The number of hydrazine groups is 1. The fraction of sp³-hybridized carbons (Fsp3) is 0.600. The van der Waals surface area contributed by atoms with Gasteiger partial charge in [0.05, 0.1) is 32.3 Å². The van der Waals surface area contributed by atoms with Crippen LogP contribution in [-0.4, -0.2) is 60.1 Å². The molecule has 1 heterocycles. The molecular formula is C15H23N3O8. The van der Waals surface area contributed by atoms with Crippen molar-refractivity contribution in [3.8, 4) is 0 Å². The Morgan fingerprint density at radius 1 is 1.23 bits per heavy atom. The largest absolute Gasteiger partial charge is 0.466 e. The Morgan fingerprint density at radius 2 is 1.81 bits per heavy atom. The van der Waals surface area contributed by atoms with Crippen LogP contribution in [0.5, 0.6) is 0 Å². The SMILES string of the molecule is CCOC(=O)CC1(O)C(C(=O)OCC)C(C(=O)OC)=C(C)N1NC(N)=O. The van der Waals surface area contributed by atoms with Gasteiger partial charge >= 0.3 is 23.9 Å². The summed E-state index contributed by atoms with van der Waals surface area (Å²) < 4.78 is 14.4. The van der Waals surface area contributed by atoms with Crippen LogP contribution in [0.1, 0.15) is 27.2 Å². The van der Waals surface area contributed by atoms with Gasteiger partial charge in [-0.1, -0.05) is 0 Å². The first-order chi connectivity index (χ1) is 12.1. The first kappa shape index (κ1) is 21.2. The molecule has 0 fully saturated rings. The smallest absolute Gasteiger partial charge is 0.336 e. The minimum Gasteiger partial charge on any atom is -0.466 e. The van der Waals surface area contributed by atoms with E-state index >= 15 is 0 Å². The van der Waals surface area contributed by atoms with Gasteiger partial charge < -0.3 is 25.1 Å². The minimum absolute atomic E-state index is 0.0263. The number of rotatable bonds is 7. The lowest BCUT2D eigenvalue weighted by atomic mass is 9.88. The Balaban J connectivity index is 3.50. The molecule has 1 aliphatic heterocycles. The number of ether oxygens (including phenoxy) is 3. The Labute approximate surface area is 150 Å². The molecule has 26 heavy (non-hydrogen) atoms. The molecule has 0 spiro atoms. The molecule has 1 rings (SSSR count). The zero-order valence-electron chi connectivity index (χ0n) is 15.0. The van der Waals surface area contributed by atoms with Crippen molar-refractivity contribution in [2.45, 2.75) is 32.9 Å². The fourth-order valence-corrected chi connectivity index (χ4v) is 2.78. The van der Waals surface area contributed by atoms with Crippen LogP contribution in [0.4, 0.5) is 4.79 Å².